The van der Waals surface area contributed by atoms with Gasteiger partial charge in [-0.2, -0.15) is 0 Å². The van der Waals surface area contributed by atoms with Gasteiger partial charge >= 0.3 is 0 Å². The first-order valence-electron chi connectivity index (χ1n) is 6.53. The van der Waals surface area contributed by atoms with Gasteiger partial charge in [-0.1, -0.05) is 6.42 Å². The van der Waals surface area contributed by atoms with Crippen LogP contribution in [0.5, 0.6) is 0 Å². The van der Waals surface area contributed by atoms with E-state index in [1.807, 2.05) is 6.92 Å². The number of Topliss-reactive ketones (excluding diaryl/α,β-unsaturated/α-hetero) is 1. The third-order valence-corrected chi connectivity index (χ3v) is 4.07. The van der Waals surface area contributed by atoms with Crippen molar-refractivity contribution in [1.29, 1.82) is 0 Å². The van der Waals surface area contributed by atoms with Crippen LogP contribution in [0.2, 0.25) is 0 Å². The maximum atomic E-state index is 12.1. The van der Waals surface area contributed by atoms with Gasteiger partial charge in [-0.15, -0.1) is 0 Å². The minimum absolute atomic E-state index is 0.132. The molecule has 2 fully saturated rings. The van der Waals surface area contributed by atoms with Crippen LogP contribution in [0, 0.1) is 5.41 Å². The van der Waals surface area contributed by atoms with Crippen molar-refractivity contribution in [2.45, 2.75) is 45.3 Å². The second-order valence-corrected chi connectivity index (χ2v) is 4.93. The Kier molecular flexibility index (Phi) is 3.85. The Morgan fingerprint density at radius 1 is 1.24 bits per heavy atom. The van der Waals surface area contributed by atoms with E-state index in [4.69, 9.17) is 14.2 Å². The first-order chi connectivity index (χ1) is 8.17. The standard InChI is InChI=1S/C13H22O4/c1-3-15-10-12(11(2)14)6-4-5-7-13(12)16-8-9-17-13/h3-10H2,1-2H3/t12-/m0/s1. The third kappa shape index (κ3) is 2.02. The Bertz CT molecular complexity index is 283. The highest BCUT2D eigenvalue weighted by atomic mass is 16.7. The Morgan fingerprint density at radius 3 is 2.47 bits per heavy atom. The Morgan fingerprint density at radius 2 is 1.88 bits per heavy atom. The molecule has 1 spiro atoms. The van der Waals surface area contributed by atoms with E-state index < -0.39 is 11.2 Å². The van der Waals surface area contributed by atoms with E-state index in [0.29, 0.717) is 26.4 Å². The van der Waals surface area contributed by atoms with Crippen LogP contribution in [-0.4, -0.2) is 38.0 Å². The van der Waals surface area contributed by atoms with Gasteiger partial charge < -0.3 is 14.2 Å². The average molecular weight is 242 g/mol. The predicted octanol–water partition coefficient (Wildman–Crippen LogP) is 1.92. The van der Waals surface area contributed by atoms with E-state index >= 15 is 0 Å². The molecule has 0 bridgehead atoms. The van der Waals surface area contributed by atoms with Gasteiger partial charge in [-0.3, -0.25) is 4.79 Å². The quantitative estimate of drug-likeness (QED) is 0.755. The van der Waals surface area contributed by atoms with Crippen molar-refractivity contribution in [3.63, 3.8) is 0 Å². The van der Waals surface area contributed by atoms with Gasteiger partial charge in [0.2, 0.25) is 0 Å². The van der Waals surface area contributed by atoms with E-state index in [1.165, 1.54) is 0 Å². The number of hydrogen-bond donors (Lipinski definition) is 0. The van der Waals surface area contributed by atoms with Crippen molar-refractivity contribution in [1.82, 2.24) is 0 Å². The highest BCUT2D eigenvalue weighted by Gasteiger charge is 2.60. The second-order valence-electron chi connectivity index (χ2n) is 4.93. The normalized spacial score (nSPS) is 31.9. The lowest BCUT2D eigenvalue weighted by atomic mass is 9.67. The Balaban J connectivity index is 2.28. The first kappa shape index (κ1) is 13.0. The zero-order chi connectivity index (χ0) is 12.4. The Labute approximate surface area is 103 Å². The van der Waals surface area contributed by atoms with Crippen LogP contribution >= 0.6 is 0 Å². The van der Waals surface area contributed by atoms with Crippen LogP contribution < -0.4 is 0 Å². The van der Waals surface area contributed by atoms with Gasteiger partial charge in [-0.05, 0) is 26.7 Å². The summed E-state index contributed by atoms with van der Waals surface area (Å²) in [4.78, 5) is 12.1. The van der Waals surface area contributed by atoms with Gasteiger partial charge in [-0.25, -0.2) is 0 Å². The van der Waals surface area contributed by atoms with E-state index in [-0.39, 0.29) is 5.78 Å². The summed E-state index contributed by atoms with van der Waals surface area (Å²) in [6, 6.07) is 0. The van der Waals surface area contributed by atoms with E-state index in [0.717, 1.165) is 25.7 Å². The largest absolute Gasteiger partial charge is 0.380 e. The van der Waals surface area contributed by atoms with Gasteiger partial charge in [0.15, 0.2) is 5.79 Å². The molecule has 1 heterocycles. The van der Waals surface area contributed by atoms with Crippen molar-refractivity contribution in [2.75, 3.05) is 26.4 Å². The number of ether oxygens (including phenoxy) is 3. The van der Waals surface area contributed by atoms with Crippen LogP contribution in [0.25, 0.3) is 0 Å². The van der Waals surface area contributed by atoms with E-state index in [2.05, 4.69) is 0 Å². The van der Waals surface area contributed by atoms with Crippen LogP contribution in [0.4, 0.5) is 0 Å². The molecule has 0 aromatic rings. The lowest BCUT2D eigenvalue weighted by Gasteiger charge is -2.48. The first-order valence-corrected chi connectivity index (χ1v) is 6.53. The molecule has 4 nitrogen and oxygen atoms in total. The van der Waals surface area contributed by atoms with Crippen molar-refractivity contribution >= 4 is 5.78 Å². The van der Waals surface area contributed by atoms with Crippen LogP contribution in [0.3, 0.4) is 0 Å². The summed E-state index contributed by atoms with van der Waals surface area (Å²) in [7, 11) is 0. The molecule has 0 amide bonds. The molecule has 1 saturated carbocycles. The van der Waals surface area contributed by atoms with Crippen LogP contribution in [-0.2, 0) is 19.0 Å². The maximum Gasteiger partial charge on any atom is 0.183 e. The van der Waals surface area contributed by atoms with Crippen LogP contribution in [0.15, 0.2) is 0 Å². The lowest BCUT2D eigenvalue weighted by Crippen LogP contribution is -2.58. The molecule has 0 N–H and O–H groups in total. The molecular weight excluding hydrogens is 220 g/mol. The average Bonchev–Trinajstić information content (AvgIpc) is 2.78. The summed E-state index contributed by atoms with van der Waals surface area (Å²) in [5, 5.41) is 0. The topological polar surface area (TPSA) is 44.8 Å². The van der Waals surface area contributed by atoms with Crippen molar-refractivity contribution in [2.24, 2.45) is 5.41 Å². The maximum absolute atomic E-state index is 12.1. The number of rotatable bonds is 4. The number of carbonyl (C=O) groups excluding carboxylic acids is 1. The van der Waals surface area contributed by atoms with E-state index in [1.54, 1.807) is 6.92 Å². The smallest absolute Gasteiger partial charge is 0.183 e. The molecule has 1 saturated heterocycles. The summed E-state index contributed by atoms with van der Waals surface area (Å²) in [5.41, 5.74) is -0.599. The predicted molar refractivity (Wildman–Crippen MR) is 62.7 cm³/mol. The summed E-state index contributed by atoms with van der Waals surface area (Å²) >= 11 is 0. The summed E-state index contributed by atoms with van der Waals surface area (Å²) in [5.74, 6) is -0.584. The van der Waals surface area contributed by atoms with E-state index in [9.17, 15) is 4.79 Å². The molecule has 1 aliphatic carbocycles. The SMILES string of the molecule is CCOC[C@]1(C(C)=O)CCCCC12OCCO2. The number of carbonyl (C=O) groups is 1. The lowest BCUT2D eigenvalue weighted by molar-refractivity contribution is -0.259. The fourth-order valence-corrected chi connectivity index (χ4v) is 3.09. The van der Waals surface area contributed by atoms with Crippen molar-refractivity contribution < 1.29 is 19.0 Å². The summed E-state index contributed by atoms with van der Waals surface area (Å²) in [6.07, 6.45) is 3.71. The number of ketones is 1. The second kappa shape index (κ2) is 5.04. The molecule has 98 valence electrons. The third-order valence-electron chi connectivity index (χ3n) is 4.07. The summed E-state index contributed by atoms with van der Waals surface area (Å²) < 4.78 is 17.2. The molecule has 0 radical (unpaired) electrons. The van der Waals surface area contributed by atoms with Crippen molar-refractivity contribution in [3.05, 3.63) is 0 Å². The fourth-order valence-electron chi connectivity index (χ4n) is 3.09. The van der Waals surface area contributed by atoms with Crippen molar-refractivity contribution in [3.8, 4) is 0 Å². The molecule has 0 aromatic carbocycles. The zero-order valence-electron chi connectivity index (χ0n) is 10.8. The molecule has 4 heteroatoms. The Hall–Kier alpha value is -0.450. The zero-order valence-corrected chi connectivity index (χ0v) is 10.8. The molecule has 2 rings (SSSR count). The molecule has 1 atom stereocenters. The molecule has 0 unspecified atom stereocenters. The molecular formula is C13H22O4. The van der Waals surface area contributed by atoms with Gasteiger partial charge in [0.05, 0.1) is 19.8 Å². The highest BCUT2D eigenvalue weighted by Crippen LogP contribution is 2.50. The monoisotopic (exact) mass is 242 g/mol. The minimum atomic E-state index is -0.716. The molecule has 2 aliphatic rings. The summed E-state index contributed by atoms with van der Waals surface area (Å²) in [6.45, 7) is 5.78. The van der Waals surface area contributed by atoms with Gasteiger partial charge in [0.25, 0.3) is 0 Å². The molecule has 0 aromatic heterocycles. The van der Waals surface area contributed by atoms with Gasteiger partial charge in [0, 0.05) is 13.0 Å². The fraction of sp³-hybridized carbons (Fsp3) is 0.923. The number of hydrogen-bond acceptors (Lipinski definition) is 4. The molecule has 1 aliphatic heterocycles. The minimum Gasteiger partial charge on any atom is -0.380 e. The van der Waals surface area contributed by atoms with Crippen LogP contribution in [0.1, 0.15) is 39.5 Å². The van der Waals surface area contributed by atoms with Gasteiger partial charge in [0.1, 0.15) is 11.2 Å². The molecule has 17 heavy (non-hydrogen) atoms. The highest BCUT2D eigenvalue weighted by molar-refractivity contribution is 5.84.